The molecule has 4 bridgehead atoms. The first kappa shape index (κ1) is 41.8. The maximum atomic E-state index is 6.44. The van der Waals surface area contributed by atoms with Crippen LogP contribution in [0.15, 0.2) is 36.4 Å². The summed E-state index contributed by atoms with van der Waals surface area (Å²) >= 11 is 0. The third-order valence-electron chi connectivity index (χ3n) is 12.0. The van der Waals surface area contributed by atoms with Crippen molar-refractivity contribution in [2.75, 3.05) is 39.6 Å². The van der Waals surface area contributed by atoms with Crippen LogP contribution in [0.4, 0.5) is 0 Å². The fraction of sp³-hybridized carbons (Fsp3) is 0.692. The van der Waals surface area contributed by atoms with Gasteiger partial charge in [-0.2, -0.15) is 0 Å². The summed E-state index contributed by atoms with van der Waals surface area (Å²) in [5.74, 6) is 0. The van der Waals surface area contributed by atoms with Crippen LogP contribution in [0.2, 0.25) is 0 Å². The van der Waals surface area contributed by atoms with Crippen molar-refractivity contribution < 1.29 is 131 Å². The summed E-state index contributed by atoms with van der Waals surface area (Å²) in [6.07, 6.45) is 17.7. The normalized spacial score (nSPS) is 30.4. The van der Waals surface area contributed by atoms with Gasteiger partial charge in [-0.15, -0.1) is 10.9 Å². The van der Waals surface area contributed by atoms with Gasteiger partial charge >= 0.3 is 116 Å². The predicted octanol–water partition coefficient (Wildman–Crippen LogP) is 1.92. The van der Waals surface area contributed by atoms with Gasteiger partial charge in [-0.25, -0.2) is 0 Å². The van der Waals surface area contributed by atoms with E-state index in [4.69, 9.17) is 27.9 Å². The molecule has 0 spiro atoms. The number of hydrogen-bond acceptors (Lipinski definition) is 6. The van der Waals surface area contributed by atoms with E-state index < -0.39 is 13.5 Å². The molecule has 0 unspecified atom stereocenters. The minimum atomic E-state index is -1.94. The Morgan fingerprint density at radius 2 is 0.816 bits per heavy atom. The molecule has 0 atom stereocenters. The molecule has 1 aliphatic carbocycles. The average molecular weight is 723 g/mol. The zero-order chi connectivity index (χ0) is 32.6. The minimum Gasteiger partial charge on any atom is -0.540 e. The van der Waals surface area contributed by atoms with Crippen molar-refractivity contribution >= 4 is 24.4 Å². The predicted molar refractivity (Wildman–Crippen MR) is 191 cm³/mol. The summed E-state index contributed by atoms with van der Waals surface area (Å²) in [4.78, 5) is 0. The molecule has 0 N–H and O–H groups in total. The minimum absolute atomic E-state index is 0. The van der Waals surface area contributed by atoms with Crippen LogP contribution >= 0.6 is 0 Å². The summed E-state index contributed by atoms with van der Waals surface area (Å²) < 4.78 is 38.6. The molecule has 0 saturated carbocycles. The summed E-state index contributed by atoms with van der Waals surface area (Å²) in [5, 5.41) is 0. The van der Waals surface area contributed by atoms with Crippen LogP contribution in [0, 0.1) is 10.8 Å². The molecule has 2 aromatic rings. The van der Waals surface area contributed by atoms with Gasteiger partial charge < -0.3 is 27.9 Å². The van der Waals surface area contributed by atoms with E-state index in [0.717, 1.165) is 23.8 Å². The van der Waals surface area contributed by atoms with Crippen molar-refractivity contribution in [2.24, 2.45) is 10.8 Å². The molecule has 9 rings (SSSR count). The van der Waals surface area contributed by atoms with Gasteiger partial charge in [0.15, 0.2) is 0 Å². The van der Waals surface area contributed by atoms with Crippen molar-refractivity contribution in [3.05, 3.63) is 47.5 Å². The van der Waals surface area contributed by atoms with Gasteiger partial charge in [0.05, 0.1) is 0 Å². The van der Waals surface area contributed by atoms with Gasteiger partial charge in [0.25, 0.3) is 0 Å². The fourth-order valence-electron chi connectivity index (χ4n) is 9.03. The number of fused-ring (bicyclic) bond motifs is 9. The van der Waals surface area contributed by atoms with Crippen LogP contribution in [0.25, 0.3) is 11.1 Å². The zero-order valence-corrected chi connectivity index (χ0v) is 38.0. The Kier molecular flexibility index (Phi) is 15.0. The summed E-state index contributed by atoms with van der Waals surface area (Å²) in [6, 6.07) is 13.9. The number of hydrogen-bond donors (Lipinski definition) is 0. The van der Waals surface area contributed by atoms with E-state index in [1.54, 1.807) is 0 Å². The number of unbranched alkanes of at least 4 members (excludes halogenated alkanes) is 10. The molecular weight excluding hydrogens is 664 g/mol. The van der Waals surface area contributed by atoms with Crippen LogP contribution < -0.4 is 114 Å². The Morgan fingerprint density at radius 1 is 0.490 bits per heavy atom. The molecule has 6 nitrogen and oxygen atoms in total. The molecule has 258 valence electrons. The monoisotopic (exact) mass is 722 g/mol. The van der Waals surface area contributed by atoms with Crippen LogP contribution in [0.1, 0.15) is 129 Å². The molecule has 7 aliphatic rings. The van der Waals surface area contributed by atoms with Gasteiger partial charge in [0.2, 0.25) is 0 Å². The molecule has 49 heavy (non-hydrogen) atoms. The molecule has 6 heterocycles. The zero-order valence-electron chi connectivity index (χ0n) is 31.7. The second-order valence-electron chi connectivity index (χ2n) is 16.5. The van der Waals surface area contributed by atoms with Crippen molar-refractivity contribution in [3.8, 4) is 11.1 Å². The molecule has 0 aromatic heterocycles. The molecule has 6 aliphatic heterocycles. The second kappa shape index (κ2) is 17.6. The van der Waals surface area contributed by atoms with Crippen molar-refractivity contribution in [1.82, 2.24) is 0 Å². The third kappa shape index (κ3) is 8.41. The van der Waals surface area contributed by atoms with Crippen molar-refractivity contribution in [2.45, 2.75) is 123 Å². The van der Waals surface area contributed by atoms with E-state index in [2.05, 4.69) is 64.1 Å². The Hall–Kier alpha value is 1.60. The van der Waals surface area contributed by atoms with E-state index >= 15 is 0 Å². The van der Waals surface area contributed by atoms with E-state index in [0.29, 0.717) is 39.6 Å². The summed E-state index contributed by atoms with van der Waals surface area (Å²) in [5.41, 5.74) is 7.37. The molecule has 6 saturated heterocycles. The number of benzene rings is 2. The topological polar surface area (TPSA) is 55.4 Å². The van der Waals surface area contributed by atoms with Crippen LogP contribution in [0.3, 0.4) is 0 Å². The van der Waals surface area contributed by atoms with E-state index in [1.165, 1.54) is 99.3 Å². The molecule has 0 radical (unpaired) electrons. The third-order valence-corrected chi connectivity index (χ3v) is 12.0. The summed E-state index contributed by atoms with van der Waals surface area (Å²) in [7, 11) is 0. The fourth-order valence-corrected chi connectivity index (χ4v) is 9.03. The first-order valence-electron chi connectivity index (χ1n) is 19.2. The van der Waals surface area contributed by atoms with Crippen molar-refractivity contribution in [1.29, 1.82) is 0 Å². The van der Waals surface area contributed by atoms with Crippen LogP contribution in [0.5, 0.6) is 0 Å². The van der Waals surface area contributed by atoms with Crippen LogP contribution in [-0.2, 0) is 33.3 Å². The number of rotatable bonds is 16. The van der Waals surface area contributed by atoms with E-state index in [9.17, 15) is 0 Å². The Balaban J connectivity index is 0.00000234. The van der Waals surface area contributed by atoms with Gasteiger partial charge in [-0.05, 0) is 35.1 Å². The SMILES string of the molecule is CCCCCCCCC1(CCCCCCCC)c2cc([B-]34OCC(C)(CO3)CO4)ccc2-c2ccc([B-]34OCC(C)(CO3)CO4)cc21.[K+].[K+]. The van der Waals surface area contributed by atoms with Gasteiger partial charge in [-0.3, -0.25) is 0 Å². The van der Waals surface area contributed by atoms with E-state index in [1.807, 2.05) is 0 Å². The largest absolute Gasteiger partial charge is 1.00 e. The summed E-state index contributed by atoms with van der Waals surface area (Å²) in [6.45, 7) is 9.16. The van der Waals surface area contributed by atoms with Gasteiger partial charge in [0, 0.05) is 55.9 Å². The first-order valence-corrected chi connectivity index (χ1v) is 19.2. The van der Waals surface area contributed by atoms with Crippen LogP contribution in [-0.4, -0.2) is 53.2 Å². The Labute approximate surface area is 381 Å². The molecule has 6 fully saturated rings. The Morgan fingerprint density at radius 3 is 1.16 bits per heavy atom. The van der Waals surface area contributed by atoms with Gasteiger partial charge in [0.1, 0.15) is 0 Å². The second-order valence-corrected chi connectivity index (χ2v) is 16.5. The van der Waals surface area contributed by atoms with Crippen molar-refractivity contribution in [3.63, 3.8) is 0 Å². The quantitative estimate of drug-likeness (QED) is 0.195. The van der Waals surface area contributed by atoms with E-state index in [-0.39, 0.29) is 119 Å². The smallest absolute Gasteiger partial charge is 0.540 e. The Bertz CT molecular complexity index is 1270. The molecular formula is C39H58B2K2O6. The molecule has 10 heteroatoms. The maximum Gasteiger partial charge on any atom is 1.00 e. The molecule has 2 aromatic carbocycles. The average Bonchev–Trinajstić information content (AvgIpc) is 3.37. The standard InChI is InChI=1S/C39H58B2O6.2K/c1-5-7-9-11-13-15-21-39(22-16-14-12-10-8-6-2)35-23-31(40-42-25-37(3,26-43-40)27-44-40)17-19-33(35)34-20-18-32(24-36(34)39)41-45-28-38(4,29-46-41)30-47-41;;/h17-20,23-24H,5-16,21-22,25-30H2,1-4H3;;/q-2;2*+1. The maximum absolute atomic E-state index is 6.44. The van der Waals surface area contributed by atoms with Gasteiger partial charge in [-0.1, -0.05) is 141 Å². The molecule has 0 amide bonds. The first-order chi connectivity index (χ1) is 22.8.